The molecule has 2 rings (SSSR count). The molecule has 7 heteroatoms. The molecule has 0 unspecified atom stereocenters. The summed E-state index contributed by atoms with van der Waals surface area (Å²) in [5, 5.41) is 2.08. The SMILES string of the molecule is CCCCc1nc(-c2nc(CCCC)c(Br)s2)sc1Br.[Ir]. The van der Waals surface area contributed by atoms with Crippen molar-refractivity contribution in [2.75, 3.05) is 0 Å². The van der Waals surface area contributed by atoms with Gasteiger partial charge in [-0.25, -0.2) is 9.97 Å². The van der Waals surface area contributed by atoms with Gasteiger partial charge in [-0.05, 0) is 57.5 Å². The maximum atomic E-state index is 4.75. The van der Waals surface area contributed by atoms with E-state index in [1.54, 1.807) is 22.7 Å². The van der Waals surface area contributed by atoms with Gasteiger partial charge in [-0.2, -0.15) is 0 Å². The van der Waals surface area contributed by atoms with Gasteiger partial charge in [0.25, 0.3) is 0 Å². The van der Waals surface area contributed by atoms with E-state index >= 15 is 0 Å². The summed E-state index contributed by atoms with van der Waals surface area (Å²) in [5.41, 5.74) is 2.35. The van der Waals surface area contributed by atoms with Gasteiger partial charge >= 0.3 is 0 Å². The molecule has 0 atom stereocenters. The van der Waals surface area contributed by atoms with Crippen molar-refractivity contribution >= 4 is 54.5 Å². The van der Waals surface area contributed by atoms with Crippen molar-refractivity contribution in [3.8, 4) is 10.0 Å². The van der Waals surface area contributed by atoms with Crippen molar-refractivity contribution in [1.29, 1.82) is 0 Å². The van der Waals surface area contributed by atoms with Crippen LogP contribution in [0.15, 0.2) is 7.57 Å². The zero-order chi connectivity index (χ0) is 14.5. The van der Waals surface area contributed by atoms with Crippen molar-refractivity contribution in [1.82, 2.24) is 9.97 Å². The summed E-state index contributed by atoms with van der Waals surface area (Å²) in [6.45, 7) is 4.41. The molecule has 0 saturated heterocycles. The molecule has 0 aliphatic carbocycles. The predicted octanol–water partition coefficient (Wildman–Crippen LogP) is 6.47. The van der Waals surface area contributed by atoms with Gasteiger partial charge in [0.05, 0.1) is 19.0 Å². The number of unbranched alkanes of at least 4 members (excludes halogenated alkanes) is 2. The first-order chi connectivity index (χ1) is 9.65. The average molecular weight is 630 g/mol. The Hall–Kier alpha value is 0.869. The van der Waals surface area contributed by atoms with Crippen molar-refractivity contribution in [3.05, 3.63) is 19.0 Å². The minimum absolute atomic E-state index is 0. The van der Waals surface area contributed by atoms with Crippen LogP contribution in [0.25, 0.3) is 10.0 Å². The molecule has 0 spiro atoms. The molecule has 0 aliphatic rings. The third-order valence-corrected chi connectivity index (χ3v) is 6.82. The van der Waals surface area contributed by atoms with Crippen LogP contribution in [-0.4, -0.2) is 9.97 Å². The summed E-state index contributed by atoms with van der Waals surface area (Å²) in [6, 6.07) is 0. The van der Waals surface area contributed by atoms with Crippen molar-refractivity contribution in [2.24, 2.45) is 0 Å². The Morgan fingerprint density at radius 2 is 1.19 bits per heavy atom. The first-order valence-corrected chi connectivity index (χ1v) is 10.2. The minimum Gasteiger partial charge on any atom is -0.237 e. The van der Waals surface area contributed by atoms with E-state index in [9.17, 15) is 0 Å². The second-order valence-corrected chi connectivity index (χ2v) is 9.32. The number of halogens is 2. The van der Waals surface area contributed by atoms with E-state index in [4.69, 9.17) is 9.97 Å². The smallest absolute Gasteiger partial charge is 0.153 e. The third kappa shape index (κ3) is 5.47. The Bertz CT molecular complexity index is 519. The van der Waals surface area contributed by atoms with E-state index in [0.717, 1.165) is 30.4 Å². The van der Waals surface area contributed by atoms with Crippen molar-refractivity contribution in [3.63, 3.8) is 0 Å². The van der Waals surface area contributed by atoms with Crippen LogP contribution in [0.4, 0.5) is 0 Å². The van der Waals surface area contributed by atoms with E-state index in [0.29, 0.717) is 0 Å². The Morgan fingerprint density at radius 3 is 1.52 bits per heavy atom. The number of rotatable bonds is 7. The molecule has 2 aromatic rings. The second kappa shape index (κ2) is 9.89. The molecule has 0 aromatic carbocycles. The van der Waals surface area contributed by atoms with Crippen LogP contribution in [0.2, 0.25) is 0 Å². The van der Waals surface area contributed by atoms with Crippen LogP contribution in [0, 0.1) is 0 Å². The molecule has 0 aliphatic heterocycles. The van der Waals surface area contributed by atoms with Crippen LogP contribution in [-0.2, 0) is 32.9 Å². The first-order valence-electron chi connectivity index (χ1n) is 6.96. The molecule has 0 bridgehead atoms. The molecule has 21 heavy (non-hydrogen) atoms. The average Bonchev–Trinajstić information content (AvgIpc) is 2.98. The van der Waals surface area contributed by atoms with Crippen molar-refractivity contribution < 1.29 is 20.1 Å². The van der Waals surface area contributed by atoms with Crippen LogP contribution in [0.1, 0.15) is 50.9 Å². The number of hydrogen-bond acceptors (Lipinski definition) is 4. The van der Waals surface area contributed by atoms with Gasteiger partial charge in [0, 0.05) is 20.1 Å². The molecule has 0 N–H and O–H groups in total. The topological polar surface area (TPSA) is 25.8 Å². The number of hydrogen-bond donors (Lipinski definition) is 0. The zero-order valence-electron chi connectivity index (χ0n) is 12.0. The molecule has 0 saturated carbocycles. The Kier molecular flexibility index (Phi) is 9.37. The maximum Gasteiger partial charge on any atom is 0.153 e. The number of thiazole rings is 2. The number of aryl methyl sites for hydroxylation is 2. The van der Waals surface area contributed by atoms with E-state index in [1.165, 1.54) is 37.1 Å². The quantitative estimate of drug-likeness (QED) is 0.351. The maximum absolute atomic E-state index is 4.75. The third-order valence-electron chi connectivity index (χ3n) is 3.02. The van der Waals surface area contributed by atoms with Gasteiger partial charge in [-0.15, -0.1) is 22.7 Å². The summed E-state index contributed by atoms with van der Waals surface area (Å²) in [6.07, 6.45) is 6.86. The molecular weight excluding hydrogens is 612 g/mol. The Balaban J connectivity index is 0.00000220. The molecule has 0 fully saturated rings. The fourth-order valence-corrected chi connectivity index (χ4v) is 5.04. The molecule has 119 valence electrons. The van der Waals surface area contributed by atoms with E-state index in [2.05, 4.69) is 45.7 Å². The summed E-state index contributed by atoms with van der Waals surface area (Å²) in [7, 11) is 0. The van der Waals surface area contributed by atoms with Gasteiger partial charge in [-0.1, -0.05) is 26.7 Å². The second-order valence-electron chi connectivity index (χ2n) is 4.69. The van der Waals surface area contributed by atoms with Crippen LogP contribution in [0.3, 0.4) is 0 Å². The molecule has 2 aromatic heterocycles. The fourth-order valence-electron chi connectivity index (χ4n) is 1.85. The van der Waals surface area contributed by atoms with Crippen LogP contribution >= 0.6 is 54.5 Å². The summed E-state index contributed by atoms with van der Waals surface area (Å²) < 4.78 is 2.31. The van der Waals surface area contributed by atoms with E-state index in [-0.39, 0.29) is 20.1 Å². The van der Waals surface area contributed by atoms with Gasteiger partial charge < -0.3 is 0 Å². The normalized spacial score (nSPS) is 10.7. The van der Waals surface area contributed by atoms with Crippen molar-refractivity contribution in [2.45, 2.75) is 52.4 Å². The fraction of sp³-hybridized carbons (Fsp3) is 0.571. The van der Waals surface area contributed by atoms with Gasteiger partial charge in [0.2, 0.25) is 0 Å². The summed E-state index contributed by atoms with van der Waals surface area (Å²) in [5.74, 6) is 0. The number of nitrogens with zero attached hydrogens (tertiary/aromatic N) is 2. The van der Waals surface area contributed by atoms with E-state index in [1.807, 2.05) is 0 Å². The largest absolute Gasteiger partial charge is 0.237 e. The monoisotopic (exact) mass is 629 g/mol. The summed E-state index contributed by atoms with van der Waals surface area (Å²) in [4.78, 5) is 9.50. The van der Waals surface area contributed by atoms with Crippen LogP contribution in [0.5, 0.6) is 0 Å². The standard InChI is InChI=1S/C14H18Br2N2S2.Ir/c1-3-5-7-9-11(15)19-13(17-9)14-18-10(8-6-4-2)12(16)20-14;/h3-8H2,1-2H3;. The van der Waals surface area contributed by atoms with Gasteiger partial charge in [0.1, 0.15) is 0 Å². The molecule has 2 heterocycles. The van der Waals surface area contributed by atoms with Crippen LogP contribution < -0.4 is 0 Å². The van der Waals surface area contributed by atoms with Gasteiger partial charge in [-0.3, -0.25) is 0 Å². The first kappa shape index (κ1) is 19.9. The minimum atomic E-state index is 0. The molecule has 1 radical (unpaired) electrons. The predicted molar refractivity (Wildman–Crippen MR) is 95.8 cm³/mol. The zero-order valence-corrected chi connectivity index (χ0v) is 19.2. The Morgan fingerprint density at radius 1 is 0.810 bits per heavy atom. The number of aromatic nitrogens is 2. The summed E-state index contributed by atoms with van der Waals surface area (Å²) >= 11 is 10.7. The Labute approximate surface area is 164 Å². The molecular formula is C14H18Br2IrN2S2. The van der Waals surface area contributed by atoms with E-state index < -0.39 is 0 Å². The molecule has 2 nitrogen and oxygen atoms in total. The molecule has 0 amide bonds. The van der Waals surface area contributed by atoms with Gasteiger partial charge in [0.15, 0.2) is 10.0 Å².